The molecule has 2 heterocycles. The average molecular weight is 283 g/mol. The zero-order valence-electron chi connectivity index (χ0n) is 9.10. The molecule has 1 fully saturated rings. The summed E-state index contributed by atoms with van der Waals surface area (Å²) in [6, 6.07) is 3.90. The van der Waals surface area contributed by atoms with Gasteiger partial charge in [0, 0.05) is 35.9 Å². The molecule has 1 aliphatic rings. The molecule has 1 aromatic rings. The van der Waals surface area contributed by atoms with Crippen molar-refractivity contribution < 1.29 is 4.79 Å². The first kappa shape index (κ1) is 11.6. The maximum absolute atomic E-state index is 12.2. The third kappa shape index (κ3) is 2.43. The number of alkyl halides is 1. The highest BCUT2D eigenvalue weighted by Gasteiger charge is 2.26. The van der Waals surface area contributed by atoms with E-state index in [1.54, 1.807) is 24.5 Å². The number of carbonyl (C=O) groups excluding carboxylic acids is 1. The van der Waals surface area contributed by atoms with Gasteiger partial charge in [0.25, 0.3) is 5.91 Å². The largest absolute Gasteiger partial charge is 0.335 e. The second-order valence-corrected chi connectivity index (χ2v) is 4.69. The van der Waals surface area contributed by atoms with Gasteiger partial charge in [-0.2, -0.15) is 0 Å². The summed E-state index contributed by atoms with van der Waals surface area (Å²) in [5.41, 5.74) is 0.739. The van der Waals surface area contributed by atoms with Gasteiger partial charge in [-0.05, 0) is 31.4 Å². The van der Waals surface area contributed by atoms with Crippen molar-refractivity contribution >= 4 is 21.8 Å². The molecule has 1 unspecified atom stereocenters. The Kier molecular flexibility index (Phi) is 3.93. The monoisotopic (exact) mass is 282 g/mol. The number of pyridine rings is 1. The summed E-state index contributed by atoms with van der Waals surface area (Å²) in [6.07, 6.45) is 6.76. The Balaban J connectivity index is 2.14. The number of aromatic nitrogens is 1. The molecule has 0 aromatic carbocycles. The Morgan fingerprint density at radius 1 is 1.44 bits per heavy atom. The first-order valence-electron chi connectivity index (χ1n) is 5.60. The maximum atomic E-state index is 12.2. The first-order valence-corrected chi connectivity index (χ1v) is 6.72. The molecule has 86 valence electrons. The summed E-state index contributed by atoms with van der Waals surface area (Å²) < 4.78 is 0. The highest BCUT2D eigenvalue weighted by Crippen LogP contribution is 2.20. The van der Waals surface area contributed by atoms with Crippen LogP contribution in [-0.2, 0) is 0 Å². The minimum atomic E-state index is 0.131. The summed E-state index contributed by atoms with van der Waals surface area (Å²) in [4.78, 5) is 18.2. The fourth-order valence-corrected chi connectivity index (χ4v) is 2.76. The molecule has 3 nitrogen and oxygen atoms in total. The molecule has 0 aliphatic carbocycles. The number of amides is 1. The zero-order valence-corrected chi connectivity index (χ0v) is 10.7. The van der Waals surface area contributed by atoms with Crippen LogP contribution in [0, 0.1) is 0 Å². The number of nitrogens with zero attached hydrogens (tertiary/aromatic N) is 2. The molecule has 4 heteroatoms. The minimum Gasteiger partial charge on any atom is -0.335 e. The first-order chi connectivity index (χ1) is 7.83. The smallest absolute Gasteiger partial charge is 0.254 e. The molecule has 0 N–H and O–H groups in total. The number of rotatable bonds is 2. The summed E-state index contributed by atoms with van der Waals surface area (Å²) in [7, 11) is 0. The van der Waals surface area contributed by atoms with Gasteiger partial charge in [0.1, 0.15) is 0 Å². The van der Waals surface area contributed by atoms with Crippen molar-refractivity contribution in [1.29, 1.82) is 0 Å². The second kappa shape index (κ2) is 5.43. The van der Waals surface area contributed by atoms with Gasteiger partial charge in [-0.15, -0.1) is 0 Å². The lowest BCUT2D eigenvalue weighted by Gasteiger charge is -2.34. The summed E-state index contributed by atoms with van der Waals surface area (Å²) >= 11 is 3.49. The van der Waals surface area contributed by atoms with Crippen molar-refractivity contribution in [3.05, 3.63) is 30.1 Å². The number of likely N-dealkylation sites (tertiary alicyclic amines) is 1. The lowest BCUT2D eigenvalue weighted by molar-refractivity contribution is 0.0642. The quantitative estimate of drug-likeness (QED) is 0.781. The maximum Gasteiger partial charge on any atom is 0.254 e. The van der Waals surface area contributed by atoms with Gasteiger partial charge in [0.05, 0.1) is 0 Å². The third-order valence-corrected chi connectivity index (χ3v) is 3.74. The molecule has 16 heavy (non-hydrogen) atoms. The topological polar surface area (TPSA) is 33.2 Å². The standard InChI is InChI=1S/C12H15BrN2O/c13-9-11-3-1-2-8-15(11)12(16)10-4-6-14-7-5-10/h4-7,11H,1-3,8-9H2. The van der Waals surface area contributed by atoms with E-state index in [1.165, 1.54) is 6.42 Å². The van der Waals surface area contributed by atoms with Crippen LogP contribution in [0.4, 0.5) is 0 Å². The number of hydrogen-bond donors (Lipinski definition) is 0. The second-order valence-electron chi connectivity index (χ2n) is 4.04. The van der Waals surface area contributed by atoms with Crippen molar-refractivity contribution in [2.75, 3.05) is 11.9 Å². The molecule has 1 amide bonds. The van der Waals surface area contributed by atoms with Crippen LogP contribution in [0.1, 0.15) is 29.6 Å². The minimum absolute atomic E-state index is 0.131. The van der Waals surface area contributed by atoms with Gasteiger partial charge in [-0.25, -0.2) is 0 Å². The molecular weight excluding hydrogens is 268 g/mol. The van der Waals surface area contributed by atoms with Crippen LogP contribution in [0.3, 0.4) is 0 Å². The summed E-state index contributed by atoms with van der Waals surface area (Å²) in [5.74, 6) is 0.131. The fraction of sp³-hybridized carbons (Fsp3) is 0.500. The van der Waals surface area contributed by atoms with Crippen LogP contribution in [0.25, 0.3) is 0 Å². The van der Waals surface area contributed by atoms with Crippen molar-refractivity contribution in [2.45, 2.75) is 25.3 Å². The van der Waals surface area contributed by atoms with Crippen LogP contribution in [-0.4, -0.2) is 33.7 Å². The van der Waals surface area contributed by atoms with E-state index >= 15 is 0 Å². The van der Waals surface area contributed by atoms with Crippen molar-refractivity contribution in [1.82, 2.24) is 9.88 Å². The van der Waals surface area contributed by atoms with Gasteiger partial charge in [-0.1, -0.05) is 15.9 Å². The molecule has 1 aliphatic heterocycles. The number of carbonyl (C=O) groups is 1. The van der Waals surface area contributed by atoms with E-state index in [-0.39, 0.29) is 5.91 Å². The van der Waals surface area contributed by atoms with Gasteiger partial charge in [0.15, 0.2) is 0 Å². The van der Waals surface area contributed by atoms with Gasteiger partial charge in [0.2, 0.25) is 0 Å². The average Bonchev–Trinajstić information content (AvgIpc) is 2.39. The van der Waals surface area contributed by atoms with E-state index in [9.17, 15) is 4.79 Å². The summed E-state index contributed by atoms with van der Waals surface area (Å²) in [5, 5.41) is 0.865. The lowest BCUT2D eigenvalue weighted by atomic mass is 10.0. The molecule has 0 saturated carbocycles. The van der Waals surface area contributed by atoms with Crippen LogP contribution < -0.4 is 0 Å². The Bertz CT molecular complexity index is 355. The Morgan fingerprint density at radius 2 is 2.19 bits per heavy atom. The summed E-state index contributed by atoms with van der Waals surface area (Å²) in [6.45, 7) is 0.872. The van der Waals surface area contributed by atoms with E-state index in [1.807, 2.05) is 4.90 Å². The Morgan fingerprint density at radius 3 is 2.88 bits per heavy atom. The van der Waals surface area contributed by atoms with E-state index < -0.39 is 0 Å². The molecule has 1 saturated heterocycles. The van der Waals surface area contributed by atoms with Crippen molar-refractivity contribution in [3.63, 3.8) is 0 Å². The highest BCUT2D eigenvalue weighted by atomic mass is 79.9. The van der Waals surface area contributed by atoms with Crippen molar-refractivity contribution in [2.24, 2.45) is 0 Å². The molecule has 1 atom stereocenters. The molecule has 0 radical (unpaired) electrons. The Labute approximate surface area is 104 Å². The Hall–Kier alpha value is -0.900. The van der Waals surface area contributed by atoms with Crippen LogP contribution >= 0.6 is 15.9 Å². The third-order valence-electron chi connectivity index (χ3n) is 2.99. The van der Waals surface area contributed by atoms with E-state index in [0.29, 0.717) is 6.04 Å². The van der Waals surface area contributed by atoms with Crippen LogP contribution in [0.15, 0.2) is 24.5 Å². The number of halogens is 1. The molecule has 0 spiro atoms. The zero-order chi connectivity index (χ0) is 11.4. The SMILES string of the molecule is O=C(c1ccncc1)N1CCCCC1CBr. The predicted octanol–water partition coefficient (Wildman–Crippen LogP) is 2.47. The normalized spacial score (nSPS) is 20.8. The molecular formula is C12H15BrN2O. The van der Waals surface area contributed by atoms with Crippen molar-refractivity contribution in [3.8, 4) is 0 Å². The van der Waals surface area contributed by atoms with E-state index in [0.717, 1.165) is 30.3 Å². The molecule has 0 bridgehead atoms. The highest BCUT2D eigenvalue weighted by molar-refractivity contribution is 9.09. The fourth-order valence-electron chi connectivity index (χ4n) is 2.09. The van der Waals surface area contributed by atoms with Gasteiger partial charge < -0.3 is 4.90 Å². The van der Waals surface area contributed by atoms with Crippen LogP contribution in [0.2, 0.25) is 0 Å². The van der Waals surface area contributed by atoms with E-state index in [4.69, 9.17) is 0 Å². The number of piperidine rings is 1. The number of hydrogen-bond acceptors (Lipinski definition) is 2. The van der Waals surface area contributed by atoms with Gasteiger partial charge in [-0.3, -0.25) is 9.78 Å². The molecule has 1 aromatic heterocycles. The predicted molar refractivity (Wildman–Crippen MR) is 66.7 cm³/mol. The van der Waals surface area contributed by atoms with Crippen LogP contribution in [0.5, 0.6) is 0 Å². The van der Waals surface area contributed by atoms with Gasteiger partial charge >= 0.3 is 0 Å². The van der Waals surface area contributed by atoms with E-state index in [2.05, 4.69) is 20.9 Å². The molecule has 2 rings (SSSR count). The lowest BCUT2D eigenvalue weighted by Crippen LogP contribution is -2.44.